The second kappa shape index (κ2) is 3.42. The molecule has 0 aliphatic heterocycles. The van der Waals surface area contributed by atoms with Gasteiger partial charge in [-0.3, -0.25) is 4.79 Å². The van der Waals surface area contributed by atoms with E-state index in [1.54, 1.807) is 6.92 Å². The molecule has 1 aromatic rings. The maximum atomic E-state index is 12.9. The Labute approximate surface area is 79.1 Å². The highest BCUT2D eigenvalue weighted by atomic mass is 35.5. The molecule has 0 saturated heterocycles. The Morgan fingerprint density at radius 2 is 2.08 bits per heavy atom. The molecule has 0 fully saturated rings. The molecule has 1 rings (SSSR count). The Kier molecular flexibility index (Phi) is 2.70. The molecular formula is C8H5Cl2FO. The van der Waals surface area contributed by atoms with Crippen LogP contribution >= 0.6 is 23.2 Å². The molecule has 0 spiro atoms. The van der Waals surface area contributed by atoms with Crippen LogP contribution in [0.4, 0.5) is 4.39 Å². The Balaban J connectivity index is 3.33. The van der Waals surface area contributed by atoms with Gasteiger partial charge in [0.05, 0.1) is 5.56 Å². The van der Waals surface area contributed by atoms with Gasteiger partial charge in [0.1, 0.15) is 5.82 Å². The number of rotatable bonds is 1. The average Bonchev–Trinajstić information content (AvgIpc) is 1.96. The number of halogens is 3. The molecular weight excluding hydrogens is 202 g/mol. The van der Waals surface area contributed by atoms with E-state index in [1.165, 1.54) is 6.07 Å². The van der Waals surface area contributed by atoms with E-state index in [1.807, 2.05) is 0 Å². The second-order valence-electron chi connectivity index (χ2n) is 2.35. The van der Waals surface area contributed by atoms with Crippen LogP contribution in [0.3, 0.4) is 0 Å². The number of benzene rings is 1. The number of hydrogen-bond donors (Lipinski definition) is 0. The predicted octanol–water partition coefficient (Wildman–Crippen LogP) is 3.17. The van der Waals surface area contributed by atoms with Gasteiger partial charge in [-0.05, 0) is 36.2 Å². The lowest BCUT2D eigenvalue weighted by Crippen LogP contribution is -1.95. The van der Waals surface area contributed by atoms with Gasteiger partial charge in [0.15, 0.2) is 0 Å². The molecule has 0 saturated carbocycles. The van der Waals surface area contributed by atoms with Crippen LogP contribution in [0, 0.1) is 12.7 Å². The quantitative estimate of drug-likeness (QED) is 0.646. The number of aryl methyl sites for hydroxylation is 1. The Bertz CT molecular complexity index is 336. The largest absolute Gasteiger partial charge is 0.275 e. The molecule has 1 nitrogen and oxygen atoms in total. The van der Waals surface area contributed by atoms with Crippen molar-refractivity contribution in [2.45, 2.75) is 6.92 Å². The summed E-state index contributed by atoms with van der Waals surface area (Å²) >= 11 is 10.7. The highest BCUT2D eigenvalue weighted by Gasteiger charge is 2.10. The van der Waals surface area contributed by atoms with Crippen LogP contribution in [0.5, 0.6) is 0 Å². The molecule has 0 unspecified atom stereocenters. The fraction of sp³-hybridized carbons (Fsp3) is 0.125. The molecule has 0 aromatic heterocycles. The van der Waals surface area contributed by atoms with Crippen LogP contribution in [0.1, 0.15) is 15.9 Å². The van der Waals surface area contributed by atoms with Gasteiger partial charge in [0.2, 0.25) is 0 Å². The van der Waals surface area contributed by atoms with Gasteiger partial charge in [0.25, 0.3) is 5.24 Å². The summed E-state index contributed by atoms with van der Waals surface area (Å²) in [5.74, 6) is -0.689. The predicted molar refractivity (Wildman–Crippen MR) is 46.3 cm³/mol. The fourth-order valence-electron chi connectivity index (χ4n) is 0.808. The summed E-state index contributed by atoms with van der Waals surface area (Å²) in [5.41, 5.74) is 0.487. The van der Waals surface area contributed by atoms with Crippen LogP contribution in [0.15, 0.2) is 12.1 Å². The first-order valence-electron chi connectivity index (χ1n) is 3.18. The molecule has 0 heterocycles. The molecule has 64 valence electrons. The van der Waals surface area contributed by atoms with Crippen molar-refractivity contribution < 1.29 is 9.18 Å². The summed E-state index contributed by atoms with van der Waals surface area (Å²) in [6.45, 7) is 1.67. The first-order valence-corrected chi connectivity index (χ1v) is 3.93. The van der Waals surface area contributed by atoms with Crippen molar-refractivity contribution in [3.05, 3.63) is 34.1 Å². The minimum absolute atomic E-state index is 0.140. The van der Waals surface area contributed by atoms with Gasteiger partial charge in [-0.25, -0.2) is 4.39 Å². The first kappa shape index (κ1) is 9.49. The third-order valence-electron chi connectivity index (χ3n) is 1.46. The van der Waals surface area contributed by atoms with E-state index in [0.29, 0.717) is 5.56 Å². The molecule has 12 heavy (non-hydrogen) atoms. The van der Waals surface area contributed by atoms with Crippen molar-refractivity contribution in [2.24, 2.45) is 0 Å². The monoisotopic (exact) mass is 206 g/mol. The summed E-state index contributed by atoms with van der Waals surface area (Å²) in [6.07, 6.45) is 0. The van der Waals surface area contributed by atoms with Gasteiger partial charge >= 0.3 is 0 Å². The Morgan fingerprint density at radius 1 is 1.50 bits per heavy atom. The summed E-state index contributed by atoms with van der Waals surface area (Å²) in [4.78, 5) is 10.6. The van der Waals surface area contributed by atoms with Crippen LogP contribution in [-0.2, 0) is 0 Å². The van der Waals surface area contributed by atoms with E-state index in [0.717, 1.165) is 6.07 Å². The maximum Gasteiger partial charge on any atom is 0.255 e. The second-order valence-corrected chi connectivity index (χ2v) is 3.11. The summed E-state index contributed by atoms with van der Waals surface area (Å²) < 4.78 is 12.9. The summed E-state index contributed by atoms with van der Waals surface area (Å²) in [5, 5.41) is -0.526. The highest BCUT2D eigenvalue weighted by molar-refractivity contribution is 6.67. The van der Waals surface area contributed by atoms with Crippen molar-refractivity contribution in [1.29, 1.82) is 0 Å². The lowest BCUT2D eigenvalue weighted by Gasteiger charge is -2.00. The summed E-state index contributed by atoms with van der Waals surface area (Å²) in [6, 6.07) is 2.40. The van der Waals surface area contributed by atoms with Crippen molar-refractivity contribution in [1.82, 2.24) is 0 Å². The smallest absolute Gasteiger partial charge is 0.255 e. The SMILES string of the molecule is Cc1cc(C(=O)Cl)c(F)cc1Cl. The molecule has 0 amide bonds. The van der Waals surface area contributed by atoms with Crippen LogP contribution in [0.25, 0.3) is 0 Å². The maximum absolute atomic E-state index is 12.9. The lowest BCUT2D eigenvalue weighted by molar-refractivity contribution is 0.107. The first-order chi connectivity index (χ1) is 5.52. The Morgan fingerprint density at radius 3 is 2.58 bits per heavy atom. The molecule has 0 atom stereocenters. The van der Waals surface area contributed by atoms with Crippen molar-refractivity contribution >= 4 is 28.4 Å². The van der Waals surface area contributed by atoms with Crippen LogP contribution < -0.4 is 0 Å². The molecule has 0 radical (unpaired) electrons. The highest BCUT2D eigenvalue weighted by Crippen LogP contribution is 2.20. The van der Waals surface area contributed by atoms with E-state index in [9.17, 15) is 9.18 Å². The van der Waals surface area contributed by atoms with E-state index in [4.69, 9.17) is 23.2 Å². The molecule has 0 N–H and O–H groups in total. The minimum atomic E-state index is -0.813. The van der Waals surface area contributed by atoms with E-state index < -0.39 is 11.1 Å². The molecule has 0 aliphatic carbocycles. The molecule has 0 aliphatic rings. The van der Waals surface area contributed by atoms with Gasteiger partial charge in [-0.15, -0.1) is 0 Å². The number of hydrogen-bond acceptors (Lipinski definition) is 1. The molecule has 0 bridgehead atoms. The fourth-order valence-corrected chi connectivity index (χ4v) is 1.10. The number of carbonyl (C=O) groups is 1. The number of carbonyl (C=O) groups excluding carboxylic acids is 1. The zero-order valence-corrected chi connectivity index (χ0v) is 7.71. The van der Waals surface area contributed by atoms with Crippen molar-refractivity contribution in [3.63, 3.8) is 0 Å². The topological polar surface area (TPSA) is 17.1 Å². The Hall–Kier alpha value is -0.600. The average molecular weight is 207 g/mol. The zero-order chi connectivity index (χ0) is 9.30. The van der Waals surface area contributed by atoms with Crippen LogP contribution in [0.2, 0.25) is 5.02 Å². The molecule has 4 heteroatoms. The van der Waals surface area contributed by atoms with Gasteiger partial charge in [0, 0.05) is 5.02 Å². The van der Waals surface area contributed by atoms with Gasteiger partial charge in [-0.1, -0.05) is 11.6 Å². The van der Waals surface area contributed by atoms with Gasteiger partial charge < -0.3 is 0 Å². The van der Waals surface area contributed by atoms with E-state index in [-0.39, 0.29) is 10.6 Å². The third-order valence-corrected chi connectivity index (χ3v) is 2.07. The van der Waals surface area contributed by atoms with Crippen LogP contribution in [-0.4, -0.2) is 5.24 Å². The minimum Gasteiger partial charge on any atom is -0.275 e. The van der Waals surface area contributed by atoms with E-state index >= 15 is 0 Å². The third kappa shape index (κ3) is 1.76. The standard InChI is InChI=1S/C8H5Cl2FO/c1-4-2-5(8(10)12)7(11)3-6(4)9/h2-3H,1H3. The summed E-state index contributed by atoms with van der Waals surface area (Å²) in [7, 11) is 0. The zero-order valence-electron chi connectivity index (χ0n) is 6.20. The van der Waals surface area contributed by atoms with Crippen molar-refractivity contribution in [3.8, 4) is 0 Å². The van der Waals surface area contributed by atoms with E-state index in [2.05, 4.69) is 0 Å². The normalized spacial score (nSPS) is 10.0. The van der Waals surface area contributed by atoms with Crippen molar-refractivity contribution in [2.75, 3.05) is 0 Å². The van der Waals surface area contributed by atoms with Gasteiger partial charge in [-0.2, -0.15) is 0 Å². The lowest BCUT2D eigenvalue weighted by atomic mass is 10.1. The molecule has 1 aromatic carbocycles.